The topological polar surface area (TPSA) is 75.7 Å². The third-order valence-corrected chi connectivity index (χ3v) is 5.78. The fourth-order valence-corrected chi connectivity index (χ4v) is 4.34. The standard InChI is InChI=1S/C22H23FN2O4S/c1-16(25(30(2,27)28)20-9-5-8-19(23)15-20)22(26)24-12-13-29-21-11-10-17-6-3-4-7-18(17)14-21/h3-11,14-16H,12-13H2,1-2H3,(H,24,26). The summed E-state index contributed by atoms with van der Waals surface area (Å²) >= 11 is 0. The average molecular weight is 431 g/mol. The summed E-state index contributed by atoms with van der Waals surface area (Å²) < 4.78 is 44.5. The molecule has 0 saturated carbocycles. The van der Waals surface area contributed by atoms with E-state index in [0.29, 0.717) is 5.75 Å². The molecule has 3 aromatic carbocycles. The maximum atomic E-state index is 13.5. The summed E-state index contributed by atoms with van der Waals surface area (Å²) in [6.45, 7) is 1.86. The van der Waals surface area contributed by atoms with Gasteiger partial charge in [0.2, 0.25) is 15.9 Å². The zero-order valence-electron chi connectivity index (χ0n) is 16.7. The van der Waals surface area contributed by atoms with Gasteiger partial charge < -0.3 is 10.1 Å². The highest BCUT2D eigenvalue weighted by Gasteiger charge is 2.29. The quantitative estimate of drug-likeness (QED) is 0.556. The first-order valence-corrected chi connectivity index (χ1v) is 11.2. The van der Waals surface area contributed by atoms with Gasteiger partial charge in [-0.2, -0.15) is 0 Å². The van der Waals surface area contributed by atoms with Crippen molar-refractivity contribution in [1.82, 2.24) is 5.32 Å². The van der Waals surface area contributed by atoms with Gasteiger partial charge in [-0.3, -0.25) is 9.10 Å². The van der Waals surface area contributed by atoms with Gasteiger partial charge in [-0.05, 0) is 48.0 Å². The van der Waals surface area contributed by atoms with E-state index >= 15 is 0 Å². The average Bonchev–Trinajstić information content (AvgIpc) is 2.70. The van der Waals surface area contributed by atoms with Gasteiger partial charge in [0.1, 0.15) is 24.2 Å². The minimum atomic E-state index is -3.80. The fraction of sp³-hybridized carbons (Fsp3) is 0.227. The molecule has 0 aliphatic carbocycles. The van der Waals surface area contributed by atoms with Crippen molar-refractivity contribution in [2.45, 2.75) is 13.0 Å². The van der Waals surface area contributed by atoms with Gasteiger partial charge in [-0.25, -0.2) is 12.8 Å². The Hall–Kier alpha value is -3.13. The van der Waals surface area contributed by atoms with Gasteiger partial charge in [0.15, 0.2) is 0 Å². The molecule has 0 saturated heterocycles. The van der Waals surface area contributed by atoms with Crippen molar-refractivity contribution in [2.75, 3.05) is 23.7 Å². The van der Waals surface area contributed by atoms with Crippen molar-refractivity contribution in [3.63, 3.8) is 0 Å². The number of nitrogens with zero attached hydrogens (tertiary/aromatic N) is 1. The molecule has 3 rings (SSSR count). The maximum Gasteiger partial charge on any atom is 0.243 e. The molecule has 0 fully saturated rings. The number of nitrogens with one attached hydrogen (secondary N) is 1. The summed E-state index contributed by atoms with van der Waals surface area (Å²) in [5, 5.41) is 4.81. The number of sulfonamides is 1. The number of anilines is 1. The Morgan fingerprint density at radius 1 is 1.07 bits per heavy atom. The molecule has 0 aromatic heterocycles. The highest BCUT2D eigenvalue weighted by atomic mass is 32.2. The summed E-state index contributed by atoms with van der Waals surface area (Å²) in [6.07, 6.45) is 0.977. The smallest absolute Gasteiger partial charge is 0.243 e. The second-order valence-corrected chi connectivity index (χ2v) is 8.72. The molecule has 0 heterocycles. The van der Waals surface area contributed by atoms with Crippen LogP contribution in [-0.2, 0) is 14.8 Å². The van der Waals surface area contributed by atoms with E-state index in [1.54, 1.807) is 0 Å². The molecule has 8 heteroatoms. The van der Waals surface area contributed by atoms with Gasteiger partial charge in [0.05, 0.1) is 18.5 Å². The molecule has 0 bridgehead atoms. The van der Waals surface area contributed by atoms with Gasteiger partial charge in [-0.1, -0.05) is 36.4 Å². The van der Waals surface area contributed by atoms with E-state index in [-0.39, 0.29) is 18.8 Å². The van der Waals surface area contributed by atoms with E-state index in [1.165, 1.54) is 25.1 Å². The van der Waals surface area contributed by atoms with E-state index in [1.807, 2.05) is 42.5 Å². The van der Waals surface area contributed by atoms with Crippen molar-refractivity contribution in [1.29, 1.82) is 0 Å². The van der Waals surface area contributed by atoms with Crippen LogP contribution in [-0.4, -0.2) is 39.8 Å². The second-order valence-electron chi connectivity index (χ2n) is 6.86. The first-order valence-electron chi connectivity index (χ1n) is 9.40. The van der Waals surface area contributed by atoms with Crippen LogP contribution in [0.15, 0.2) is 66.7 Å². The molecule has 0 radical (unpaired) electrons. The molecule has 1 amide bonds. The van der Waals surface area contributed by atoms with Crippen LogP contribution in [0.3, 0.4) is 0 Å². The van der Waals surface area contributed by atoms with Crippen LogP contribution < -0.4 is 14.4 Å². The van der Waals surface area contributed by atoms with Crippen LogP contribution >= 0.6 is 0 Å². The summed E-state index contributed by atoms with van der Waals surface area (Å²) in [4.78, 5) is 12.5. The molecule has 3 aromatic rings. The van der Waals surface area contributed by atoms with E-state index in [9.17, 15) is 17.6 Å². The van der Waals surface area contributed by atoms with Crippen LogP contribution in [0.5, 0.6) is 5.75 Å². The molecule has 1 atom stereocenters. The lowest BCUT2D eigenvalue weighted by atomic mass is 10.1. The van der Waals surface area contributed by atoms with Crippen molar-refractivity contribution >= 4 is 32.4 Å². The summed E-state index contributed by atoms with van der Waals surface area (Å²) in [6, 6.07) is 17.7. The van der Waals surface area contributed by atoms with Crippen molar-refractivity contribution in [2.24, 2.45) is 0 Å². The predicted octanol–water partition coefficient (Wildman–Crippen LogP) is 3.33. The Morgan fingerprint density at radius 2 is 1.80 bits per heavy atom. The zero-order chi connectivity index (χ0) is 21.7. The van der Waals surface area contributed by atoms with E-state index in [2.05, 4.69) is 5.32 Å². The number of hydrogen-bond donors (Lipinski definition) is 1. The largest absolute Gasteiger partial charge is 0.492 e. The molecule has 6 nitrogen and oxygen atoms in total. The van der Waals surface area contributed by atoms with E-state index in [4.69, 9.17) is 4.74 Å². The number of rotatable bonds is 8. The highest BCUT2D eigenvalue weighted by molar-refractivity contribution is 7.92. The number of ether oxygens (including phenoxy) is 1. The minimum absolute atomic E-state index is 0.0903. The van der Waals surface area contributed by atoms with E-state index < -0.39 is 27.8 Å². The summed E-state index contributed by atoms with van der Waals surface area (Å²) in [5.41, 5.74) is 0.0903. The number of halogens is 1. The number of hydrogen-bond acceptors (Lipinski definition) is 4. The molecule has 1 unspecified atom stereocenters. The second kappa shape index (κ2) is 9.13. The molecule has 158 valence electrons. The molecular weight excluding hydrogens is 407 g/mol. The van der Waals surface area contributed by atoms with Gasteiger partial charge in [-0.15, -0.1) is 0 Å². The molecular formula is C22H23FN2O4S. The maximum absolute atomic E-state index is 13.5. The summed E-state index contributed by atoms with van der Waals surface area (Å²) in [5.74, 6) is -0.419. The number of carbonyl (C=O) groups is 1. The van der Waals surface area contributed by atoms with Crippen LogP contribution in [0.1, 0.15) is 6.92 Å². The number of amides is 1. The monoisotopic (exact) mass is 430 g/mol. The predicted molar refractivity (Wildman–Crippen MR) is 116 cm³/mol. The Kier molecular flexibility index (Phi) is 6.56. The van der Waals surface area contributed by atoms with Gasteiger partial charge in [0.25, 0.3) is 0 Å². The van der Waals surface area contributed by atoms with Crippen LogP contribution in [0, 0.1) is 5.82 Å². The number of fused-ring (bicyclic) bond motifs is 1. The lowest BCUT2D eigenvalue weighted by molar-refractivity contribution is -0.121. The molecule has 1 N–H and O–H groups in total. The zero-order valence-corrected chi connectivity index (χ0v) is 17.5. The highest BCUT2D eigenvalue weighted by Crippen LogP contribution is 2.22. The minimum Gasteiger partial charge on any atom is -0.492 e. The van der Waals surface area contributed by atoms with Crippen molar-refractivity contribution in [3.8, 4) is 5.75 Å². The van der Waals surface area contributed by atoms with Gasteiger partial charge in [0, 0.05) is 0 Å². The Bertz CT molecular complexity index is 1150. The lowest BCUT2D eigenvalue weighted by Gasteiger charge is -2.28. The normalized spacial score (nSPS) is 12.4. The summed E-state index contributed by atoms with van der Waals surface area (Å²) in [7, 11) is -3.80. The molecule has 0 aliphatic rings. The third kappa shape index (κ3) is 5.27. The van der Waals surface area contributed by atoms with Crippen LogP contribution in [0.4, 0.5) is 10.1 Å². The first-order chi connectivity index (χ1) is 14.3. The lowest BCUT2D eigenvalue weighted by Crippen LogP contribution is -2.48. The van der Waals surface area contributed by atoms with Crippen LogP contribution in [0.25, 0.3) is 10.8 Å². The van der Waals surface area contributed by atoms with Crippen LogP contribution in [0.2, 0.25) is 0 Å². The number of benzene rings is 3. The van der Waals surface area contributed by atoms with Gasteiger partial charge >= 0.3 is 0 Å². The van der Waals surface area contributed by atoms with E-state index in [0.717, 1.165) is 27.4 Å². The third-order valence-electron chi connectivity index (χ3n) is 4.54. The number of carbonyl (C=O) groups excluding carboxylic acids is 1. The molecule has 0 spiro atoms. The van der Waals surface area contributed by atoms with Crippen molar-refractivity contribution < 1.29 is 22.3 Å². The molecule has 30 heavy (non-hydrogen) atoms. The Labute approximate surface area is 175 Å². The SMILES string of the molecule is CC(C(=O)NCCOc1ccc2ccccc2c1)N(c1cccc(F)c1)S(C)(=O)=O. The molecule has 0 aliphatic heterocycles. The Morgan fingerprint density at radius 3 is 2.50 bits per heavy atom. The Balaban J connectivity index is 1.59. The fourth-order valence-electron chi connectivity index (χ4n) is 3.17. The first kappa shape index (κ1) is 21.6. The van der Waals surface area contributed by atoms with Crippen molar-refractivity contribution in [3.05, 3.63) is 72.5 Å².